The molecule has 0 spiro atoms. The molecule has 0 aliphatic carbocycles. The van der Waals surface area contributed by atoms with Crippen molar-refractivity contribution in [3.05, 3.63) is 51.6 Å². The van der Waals surface area contributed by atoms with Gasteiger partial charge in [0.2, 0.25) is 10.0 Å². The number of fused-ring (bicyclic) bond motifs is 1. The van der Waals surface area contributed by atoms with E-state index in [-0.39, 0.29) is 35.9 Å². The summed E-state index contributed by atoms with van der Waals surface area (Å²) in [6.07, 6.45) is 1.52. The molecule has 1 amide bonds. The monoisotopic (exact) mass is 386 g/mol. The lowest BCUT2D eigenvalue weighted by Gasteiger charge is -2.24. The fourth-order valence-electron chi connectivity index (χ4n) is 2.72. The maximum absolute atomic E-state index is 13.8. The molecule has 2 N–H and O–H groups in total. The molecule has 1 aliphatic rings. The van der Waals surface area contributed by atoms with Gasteiger partial charge in [0, 0.05) is 29.2 Å². The van der Waals surface area contributed by atoms with Gasteiger partial charge in [-0.15, -0.1) is 0 Å². The maximum atomic E-state index is 13.8. The number of aromatic nitrogens is 2. The van der Waals surface area contributed by atoms with Crippen molar-refractivity contribution >= 4 is 27.5 Å². The van der Waals surface area contributed by atoms with Gasteiger partial charge in [-0.05, 0) is 18.6 Å². The van der Waals surface area contributed by atoms with Gasteiger partial charge in [-0.2, -0.15) is 9.40 Å². The van der Waals surface area contributed by atoms with Crippen LogP contribution < -0.4 is 5.32 Å². The van der Waals surface area contributed by atoms with Crippen molar-refractivity contribution in [3.63, 3.8) is 0 Å². The van der Waals surface area contributed by atoms with Crippen molar-refractivity contribution < 1.29 is 17.6 Å². The summed E-state index contributed by atoms with van der Waals surface area (Å²) in [6.45, 7) is 0.361. The summed E-state index contributed by atoms with van der Waals surface area (Å²) in [5.41, 5.74) is 1.66. The molecule has 2 heterocycles. The molecule has 0 unspecified atom stereocenters. The lowest BCUT2D eigenvalue weighted by molar-refractivity contribution is 0.0944. The van der Waals surface area contributed by atoms with Crippen LogP contribution in [-0.2, 0) is 29.5 Å². The standard InChI is InChI=1S/C15H16ClFN4O3S/c1-25(23,24)21-6-5-9-13(8-21)19-20-14(9)15(22)18-7-10-11(16)3-2-4-12(10)17/h2-4H,5-8H2,1H3,(H,18,22)(H,19,20). The number of sulfonamides is 1. The van der Waals surface area contributed by atoms with Crippen molar-refractivity contribution in [2.24, 2.45) is 0 Å². The minimum atomic E-state index is -3.31. The number of aromatic amines is 1. The number of hydrogen-bond acceptors (Lipinski definition) is 4. The third-order valence-corrected chi connectivity index (χ3v) is 5.67. The highest BCUT2D eigenvalue weighted by atomic mass is 35.5. The summed E-state index contributed by atoms with van der Waals surface area (Å²) in [5, 5.41) is 9.53. The van der Waals surface area contributed by atoms with E-state index in [1.54, 1.807) is 6.07 Å². The normalized spacial score (nSPS) is 15.0. The van der Waals surface area contributed by atoms with Crippen molar-refractivity contribution in [2.75, 3.05) is 12.8 Å². The molecule has 134 valence electrons. The number of rotatable bonds is 4. The first-order valence-corrected chi connectivity index (χ1v) is 9.72. The van der Waals surface area contributed by atoms with E-state index in [1.165, 1.54) is 16.4 Å². The Labute approximate surface area is 149 Å². The maximum Gasteiger partial charge on any atom is 0.272 e. The molecule has 7 nitrogen and oxygen atoms in total. The van der Waals surface area contributed by atoms with E-state index in [2.05, 4.69) is 15.5 Å². The molecular weight excluding hydrogens is 371 g/mol. The Morgan fingerprint density at radius 3 is 2.92 bits per heavy atom. The van der Waals surface area contributed by atoms with Gasteiger partial charge in [0.1, 0.15) is 5.82 Å². The summed E-state index contributed by atoms with van der Waals surface area (Å²) >= 11 is 5.94. The van der Waals surface area contributed by atoms with Crippen LogP contribution in [0.3, 0.4) is 0 Å². The Morgan fingerprint density at radius 1 is 1.48 bits per heavy atom. The number of nitrogens with zero attached hydrogens (tertiary/aromatic N) is 2. The van der Waals surface area contributed by atoms with Gasteiger partial charge >= 0.3 is 0 Å². The zero-order valence-electron chi connectivity index (χ0n) is 13.3. The Hall–Kier alpha value is -1.97. The van der Waals surface area contributed by atoms with Crippen LogP contribution in [0.2, 0.25) is 5.02 Å². The fourth-order valence-corrected chi connectivity index (χ4v) is 3.73. The van der Waals surface area contributed by atoms with Crippen LogP contribution in [0.15, 0.2) is 18.2 Å². The molecule has 0 saturated carbocycles. The molecule has 25 heavy (non-hydrogen) atoms. The Kier molecular flexibility index (Phi) is 4.81. The first-order chi connectivity index (χ1) is 11.8. The van der Waals surface area contributed by atoms with Crippen LogP contribution in [0.4, 0.5) is 4.39 Å². The number of amides is 1. The lowest BCUT2D eigenvalue weighted by atomic mass is 10.1. The highest BCUT2D eigenvalue weighted by Gasteiger charge is 2.29. The second-order valence-electron chi connectivity index (χ2n) is 5.76. The third-order valence-electron chi connectivity index (χ3n) is 4.07. The van der Waals surface area contributed by atoms with Gasteiger partial charge in [0.05, 0.1) is 18.5 Å². The number of H-pyrrole nitrogens is 1. The van der Waals surface area contributed by atoms with Crippen LogP contribution >= 0.6 is 11.6 Å². The van der Waals surface area contributed by atoms with Crippen LogP contribution in [0.25, 0.3) is 0 Å². The Morgan fingerprint density at radius 2 is 2.24 bits per heavy atom. The largest absolute Gasteiger partial charge is 0.346 e. The molecule has 0 bridgehead atoms. The van der Waals surface area contributed by atoms with Crippen LogP contribution in [0, 0.1) is 5.82 Å². The number of hydrogen-bond donors (Lipinski definition) is 2. The fraction of sp³-hybridized carbons (Fsp3) is 0.333. The minimum Gasteiger partial charge on any atom is -0.346 e. The molecule has 1 aromatic carbocycles. The number of carbonyl (C=O) groups is 1. The van der Waals surface area contributed by atoms with Gasteiger partial charge in [0.25, 0.3) is 5.91 Å². The first-order valence-electron chi connectivity index (χ1n) is 7.49. The zero-order valence-corrected chi connectivity index (χ0v) is 14.9. The van der Waals surface area contributed by atoms with E-state index in [0.29, 0.717) is 17.7 Å². The molecule has 2 aromatic rings. The predicted octanol–water partition coefficient (Wildman–Crippen LogP) is 1.45. The highest BCUT2D eigenvalue weighted by Crippen LogP contribution is 2.22. The topological polar surface area (TPSA) is 95.2 Å². The number of benzene rings is 1. The van der Waals surface area contributed by atoms with Crippen molar-refractivity contribution in [3.8, 4) is 0 Å². The predicted molar refractivity (Wildman–Crippen MR) is 90.1 cm³/mol. The number of carbonyl (C=O) groups excluding carboxylic acids is 1. The Balaban J connectivity index is 1.74. The quantitative estimate of drug-likeness (QED) is 0.831. The molecule has 0 saturated heterocycles. The molecule has 0 radical (unpaired) electrons. The van der Waals surface area contributed by atoms with Gasteiger partial charge in [0.15, 0.2) is 5.69 Å². The molecule has 10 heteroatoms. The van der Waals surface area contributed by atoms with Crippen LogP contribution in [-0.4, -0.2) is 41.6 Å². The number of nitrogens with one attached hydrogen (secondary N) is 2. The van der Waals surface area contributed by atoms with E-state index in [0.717, 1.165) is 6.26 Å². The molecular formula is C15H16ClFN4O3S. The van der Waals surface area contributed by atoms with Gasteiger partial charge in [-0.25, -0.2) is 12.8 Å². The van der Waals surface area contributed by atoms with Crippen LogP contribution in [0.1, 0.15) is 27.3 Å². The summed E-state index contributed by atoms with van der Waals surface area (Å²) < 4.78 is 38.3. The second-order valence-corrected chi connectivity index (χ2v) is 8.15. The molecule has 1 aromatic heterocycles. The average molecular weight is 387 g/mol. The smallest absolute Gasteiger partial charge is 0.272 e. The highest BCUT2D eigenvalue weighted by molar-refractivity contribution is 7.88. The zero-order chi connectivity index (χ0) is 18.2. The SMILES string of the molecule is CS(=O)(=O)N1CCc2c(C(=O)NCc3c(F)cccc3Cl)n[nH]c2C1. The van der Waals surface area contributed by atoms with Crippen molar-refractivity contribution in [2.45, 2.75) is 19.5 Å². The summed E-state index contributed by atoms with van der Waals surface area (Å²) in [6, 6.07) is 4.30. The van der Waals surface area contributed by atoms with Gasteiger partial charge in [-0.3, -0.25) is 9.89 Å². The third kappa shape index (κ3) is 3.68. The molecule has 0 atom stereocenters. The average Bonchev–Trinajstić information content (AvgIpc) is 2.96. The molecule has 1 aliphatic heterocycles. The summed E-state index contributed by atoms with van der Waals surface area (Å²) in [5.74, 6) is -0.967. The number of halogens is 2. The minimum absolute atomic E-state index is 0.0680. The van der Waals surface area contributed by atoms with E-state index < -0.39 is 21.7 Å². The second kappa shape index (κ2) is 6.74. The van der Waals surface area contributed by atoms with E-state index >= 15 is 0 Å². The van der Waals surface area contributed by atoms with Gasteiger partial charge < -0.3 is 5.32 Å². The van der Waals surface area contributed by atoms with E-state index in [4.69, 9.17) is 11.6 Å². The molecule has 0 fully saturated rings. The molecule has 3 rings (SSSR count). The van der Waals surface area contributed by atoms with Crippen molar-refractivity contribution in [1.82, 2.24) is 19.8 Å². The lowest BCUT2D eigenvalue weighted by Crippen LogP contribution is -2.35. The summed E-state index contributed by atoms with van der Waals surface area (Å²) in [4.78, 5) is 12.4. The van der Waals surface area contributed by atoms with Crippen molar-refractivity contribution in [1.29, 1.82) is 0 Å². The Bertz CT molecular complexity index is 909. The van der Waals surface area contributed by atoms with E-state index in [9.17, 15) is 17.6 Å². The van der Waals surface area contributed by atoms with E-state index in [1.807, 2.05) is 0 Å². The first kappa shape index (κ1) is 17.8. The van der Waals surface area contributed by atoms with Gasteiger partial charge in [-0.1, -0.05) is 17.7 Å². The summed E-state index contributed by atoms with van der Waals surface area (Å²) in [7, 11) is -3.31. The van der Waals surface area contributed by atoms with Crippen LogP contribution in [0.5, 0.6) is 0 Å².